The molecule has 2 aromatic carbocycles. The highest BCUT2D eigenvalue weighted by molar-refractivity contribution is 8.03. The summed E-state index contributed by atoms with van der Waals surface area (Å²) < 4.78 is 5.84. The van der Waals surface area contributed by atoms with Crippen molar-refractivity contribution in [1.29, 1.82) is 5.26 Å². The maximum Gasteiger partial charge on any atom is 0.234 e. The van der Waals surface area contributed by atoms with Crippen LogP contribution in [0.1, 0.15) is 37.7 Å². The summed E-state index contributed by atoms with van der Waals surface area (Å²) in [7, 11) is 0. The third kappa shape index (κ3) is 5.14. The van der Waals surface area contributed by atoms with Crippen LogP contribution in [0.4, 0.5) is 5.69 Å². The van der Waals surface area contributed by atoms with E-state index < -0.39 is 5.92 Å². The normalized spacial score (nSPS) is 17.6. The zero-order chi connectivity index (χ0) is 24.1. The van der Waals surface area contributed by atoms with Crippen LogP contribution in [0, 0.1) is 11.3 Å². The number of dihydropyridines is 1. The lowest BCUT2D eigenvalue weighted by Crippen LogP contribution is -2.32. The van der Waals surface area contributed by atoms with Crippen molar-refractivity contribution in [3.63, 3.8) is 0 Å². The van der Waals surface area contributed by atoms with Gasteiger partial charge in [-0.25, -0.2) is 0 Å². The lowest BCUT2D eigenvalue weighted by atomic mass is 9.76. The predicted molar refractivity (Wildman–Crippen MR) is 135 cm³/mol. The van der Waals surface area contributed by atoms with Crippen LogP contribution in [0.2, 0.25) is 5.02 Å². The molecule has 0 fully saturated rings. The molecule has 0 unspecified atom stereocenters. The molecule has 2 N–H and O–H groups in total. The van der Waals surface area contributed by atoms with Gasteiger partial charge in [0.1, 0.15) is 5.75 Å². The van der Waals surface area contributed by atoms with Gasteiger partial charge in [0.05, 0.1) is 34.9 Å². The number of amides is 1. The van der Waals surface area contributed by atoms with Gasteiger partial charge in [0.25, 0.3) is 0 Å². The van der Waals surface area contributed by atoms with E-state index in [0.717, 1.165) is 17.7 Å². The number of nitriles is 1. The van der Waals surface area contributed by atoms with E-state index >= 15 is 0 Å². The topological polar surface area (TPSA) is 91.2 Å². The summed E-state index contributed by atoms with van der Waals surface area (Å²) in [6.07, 6.45) is 1.92. The number of thioether (sulfide) groups is 1. The van der Waals surface area contributed by atoms with E-state index in [9.17, 15) is 14.9 Å². The van der Waals surface area contributed by atoms with Gasteiger partial charge in [-0.15, -0.1) is 0 Å². The van der Waals surface area contributed by atoms with Crippen LogP contribution in [0.5, 0.6) is 5.75 Å². The number of benzene rings is 2. The molecule has 1 atom stereocenters. The Morgan fingerprint density at radius 1 is 1.24 bits per heavy atom. The van der Waals surface area contributed by atoms with Gasteiger partial charge in [0.2, 0.25) is 5.91 Å². The monoisotopic (exact) mass is 493 g/mol. The maximum absolute atomic E-state index is 13.0. The Balaban J connectivity index is 1.65. The zero-order valence-corrected chi connectivity index (χ0v) is 20.3. The van der Waals surface area contributed by atoms with Crippen molar-refractivity contribution < 1.29 is 14.3 Å². The molecule has 0 saturated carbocycles. The summed E-state index contributed by atoms with van der Waals surface area (Å²) in [6.45, 7) is 2.37. The number of carbonyl (C=O) groups excluding carboxylic acids is 2. The number of hydrogen-bond donors (Lipinski definition) is 2. The Kier molecular flexibility index (Phi) is 7.61. The highest BCUT2D eigenvalue weighted by atomic mass is 35.5. The molecule has 1 aliphatic heterocycles. The Morgan fingerprint density at radius 2 is 2.00 bits per heavy atom. The Labute approximate surface area is 208 Å². The number of nitrogens with one attached hydrogen (secondary N) is 2. The fraction of sp³-hybridized carbons (Fsp3) is 0.269. The number of allylic oxidation sites excluding steroid dienone is 3. The highest BCUT2D eigenvalue weighted by Crippen LogP contribution is 2.46. The first-order valence-corrected chi connectivity index (χ1v) is 12.5. The molecule has 2 aromatic rings. The number of halogens is 1. The number of ketones is 1. The lowest BCUT2D eigenvalue weighted by molar-refractivity contribution is -0.116. The second kappa shape index (κ2) is 10.8. The van der Waals surface area contributed by atoms with Gasteiger partial charge in [0.15, 0.2) is 5.78 Å². The molecule has 2 aliphatic rings. The summed E-state index contributed by atoms with van der Waals surface area (Å²) >= 11 is 7.16. The number of hydrogen-bond acceptors (Lipinski definition) is 6. The molecule has 0 radical (unpaired) electrons. The number of para-hydroxylation sites is 1. The van der Waals surface area contributed by atoms with Crippen LogP contribution < -0.4 is 15.4 Å². The summed E-state index contributed by atoms with van der Waals surface area (Å²) in [4.78, 5) is 25.6. The average Bonchev–Trinajstić information content (AvgIpc) is 2.84. The summed E-state index contributed by atoms with van der Waals surface area (Å²) in [5.41, 5.74) is 3.31. The molecule has 8 heteroatoms. The molecular formula is C26H24ClN3O3S. The number of nitrogens with zero attached hydrogens (tertiary/aromatic N) is 1. The van der Waals surface area contributed by atoms with E-state index in [-0.39, 0.29) is 17.4 Å². The minimum Gasteiger partial charge on any atom is -0.494 e. The first kappa shape index (κ1) is 23.9. The van der Waals surface area contributed by atoms with E-state index in [1.165, 1.54) is 11.8 Å². The molecule has 0 aromatic heterocycles. The number of carbonyl (C=O) groups is 2. The lowest BCUT2D eigenvalue weighted by Gasteiger charge is -2.33. The largest absolute Gasteiger partial charge is 0.494 e. The first-order valence-electron chi connectivity index (χ1n) is 11.1. The molecule has 4 rings (SSSR count). The first-order chi connectivity index (χ1) is 16.5. The molecule has 34 heavy (non-hydrogen) atoms. The van der Waals surface area contributed by atoms with Crippen molar-refractivity contribution in [3.05, 3.63) is 81.0 Å². The summed E-state index contributed by atoms with van der Waals surface area (Å²) in [6, 6.07) is 16.7. The minimum absolute atomic E-state index is 0.0438. The van der Waals surface area contributed by atoms with Gasteiger partial charge in [-0.1, -0.05) is 41.6 Å². The molecule has 0 bridgehead atoms. The molecule has 0 saturated heterocycles. The van der Waals surface area contributed by atoms with Crippen LogP contribution in [0.25, 0.3) is 0 Å². The Hall–Kier alpha value is -3.21. The van der Waals surface area contributed by atoms with Crippen molar-refractivity contribution in [2.24, 2.45) is 0 Å². The SMILES string of the molecule is CCOc1ccccc1[C@H]1C(C#N)=C(SCC(=O)Nc2ccc(Cl)cc2)NC2=C1C(=O)CCC2. The van der Waals surface area contributed by atoms with Gasteiger partial charge >= 0.3 is 0 Å². The van der Waals surface area contributed by atoms with E-state index in [0.29, 0.717) is 52.1 Å². The van der Waals surface area contributed by atoms with Crippen molar-refractivity contribution in [1.82, 2.24) is 5.32 Å². The highest BCUT2D eigenvalue weighted by Gasteiger charge is 2.38. The van der Waals surface area contributed by atoms with Crippen LogP contribution in [-0.4, -0.2) is 24.1 Å². The van der Waals surface area contributed by atoms with Crippen molar-refractivity contribution in [2.75, 3.05) is 17.7 Å². The second-order valence-electron chi connectivity index (χ2n) is 7.90. The minimum atomic E-state index is -0.529. The van der Waals surface area contributed by atoms with Gasteiger partial charge in [-0.05, 0) is 50.1 Å². The molecule has 6 nitrogen and oxygen atoms in total. The predicted octanol–water partition coefficient (Wildman–Crippen LogP) is 5.54. The van der Waals surface area contributed by atoms with E-state index in [4.69, 9.17) is 16.3 Å². The fourth-order valence-electron chi connectivity index (χ4n) is 4.22. The van der Waals surface area contributed by atoms with Crippen LogP contribution in [0.15, 0.2) is 70.4 Å². The van der Waals surface area contributed by atoms with Crippen LogP contribution in [-0.2, 0) is 9.59 Å². The number of rotatable bonds is 7. The third-order valence-electron chi connectivity index (χ3n) is 5.67. The summed E-state index contributed by atoms with van der Waals surface area (Å²) in [5.74, 6) is 0.0670. The van der Waals surface area contributed by atoms with Gasteiger partial charge < -0.3 is 15.4 Å². The van der Waals surface area contributed by atoms with Crippen molar-refractivity contribution >= 4 is 40.7 Å². The number of ether oxygens (including phenoxy) is 1. The molecule has 1 aliphatic carbocycles. The quantitative estimate of drug-likeness (QED) is 0.526. The van der Waals surface area contributed by atoms with Crippen molar-refractivity contribution in [2.45, 2.75) is 32.1 Å². The number of Topliss-reactive ketones (excluding diaryl/α,β-unsaturated/α-hetero) is 1. The van der Waals surface area contributed by atoms with Gasteiger partial charge in [0, 0.05) is 34.0 Å². The van der Waals surface area contributed by atoms with E-state index in [2.05, 4.69) is 16.7 Å². The molecule has 1 amide bonds. The van der Waals surface area contributed by atoms with Gasteiger partial charge in [-0.2, -0.15) is 5.26 Å². The van der Waals surface area contributed by atoms with Crippen LogP contribution >= 0.6 is 23.4 Å². The third-order valence-corrected chi connectivity index (χ3v) is 6.94. The fourth-order valence-corrected chi connectivity index (χ4v) is 5.21. The van der Waals surface area contributed by atoms with Crippen molar-refractivity contribution in [3.8, 4) is 11.8 Å². The molecule has 1 heterocycles. The van der Waals surface area contributed by atoms with Gasteiger partial charge in [-0.3, -0.25) is 9.59 Å². The molecule has 174 valence electrons. The maximum atomic E-state index is 13.0. The second-order valence-corrected chi connectivity index (χ2v) is 9.32. The standard InChI is InChI=1S/C26H24ClN3O3S/c1-2-33-22-9-4-3-6-18(22)24-19(14-28)26(30-20-7-5-8-21(31)25(20)24)34-15-23(32)29-17-12-10-16(27)11-13-17/h3-4,6,9-13,24,30H,2,5,7-8,15H2,1H3,(H,29,32)/t24-/m0/s1. The summed E-state index contributed by atoms with van der Waals surface area (Å²) in [5, 5.41) is 17.5. The smallest absolute Gasteiger partial charge is 0.234 e. The molecule has 0 spiro atoms. The molecular weight excluding hydrogens is 470 g/mol. The Morgan fingerprint density at radius 3 is 2.74 bits per heavy atom. The van der Waals surface area contributed by atoms with E-state index in [1.807, 2.05) is 31.2 Å². The Bertz CT molecular complexity index is 1210. The average molecular weight is 494 g/mol. The zero-order valence-electron chi connectivity index (χ0n) is 18.7. The number of anilines is 1. The van der Waals surface area contributed by atoms with Crippen LogP contribution in [0.3, 0.4) is 0 Å². The van der Waals surface area contributed by atoms with E-state index in [1.54, 1.807) is 24.3 Å².